The Balaban J connectivity index is 0. The summed E-state index contributed by atoms with van der Waals surface area (Å²) in [5.41, 5.74) is 0. The van der Waals surface area contributed by atoms with Gasteiger partial charge in [0.1, 0.15) is 6.54 Å². The molecule has 19 heavy (non-hydrogen) atoms. The molecule has 0 saturated heterocycles. The molecule has 0 aromatic rings. The van der Waals surface area contributed by atoms with Crippen molar-refractivity contribution in [2.75, 3.05) is 47.4 Å². The number of nitrogens with one attached hydrogen (secondary N) is 2. The molecule has 0 aromatic heterocycles. The van der Waals surface area contributed by atoms with Crippen molar-refractivity contribution in [2.24, 2.45) is 4.99 Å². The molecule has 0 aliphatic carbocycles. The topological polar surface area (TPSA) is 66.0 Å². The second kappa shape index (κ2) is 13.9. The minimum atomic E-state index is -0.0154. The summed E-state index contributed by atoms with van der Waals surface area (Å²) in [5, 5.41) is 6.30. The molecule has 0 spiro atoms. The molecule has 0 unspecified atom stereocenters. The second-order valence-corrected chi connectivity index (χ2v) is 4.15. The van der Waals surface area contributed by atoms with E-state index in [-0.39, 0.29) is 36.4 Å². The van der Waals surface area contributed by atoms with Crippen LogP contribution in [0.25, 0.3) is 0 Å². The number of rotatable bonds is 8. The van der Waals surface area contributed by atoms with Gasteiger partial charge in [-0.1, -0.05) is 13.3 Å². The van der Waals surface area contributed by atoms with Gasteiger partial charge in [-0.3, -0.25) is 4.79 Å². The number of hydrogen-bond acceptors (Lipinski definition) is 3. The molecule has 6 nitrogen and oxygen atoms in total. The smallest absolute Gasteiger partial charge is 0.243 e. The van der Waals surface area contributed by atoms with E-state index >= 15 is 0 Å². The highest BCUT2D eigenvalue weighted by Gasteiger charge is 2.03. The Morgan fingerprint density at radius 3 is 2.42 bits per heavy atom. The maximum absolute atomic E-state index is 11.4. The molecule has 0 aromatic carbocycles. The molecule has 0 heterocycles. The van der Waals surface area contributed by atoms with Gasteiger partial charge in [-0.15, -0.1) is 24.0 Å². The molecule has 0 atom stereocenters. The number of unbranched alkanes of at least 4 members (excludes halogenated alkanes) is 1. The van der Waals surface area contributed by atoms with Gasteiger partial charge in [0.2, 0.25) is 5.91 Å². The van der Waals surface area contributed by atoms with Gasteiger partial charge in [-0.25, -0.2) is 4.99 Å². The van der Waals surface area contributed by atoms with E-state index in [0.29, 0.717) is 19.1 Å². The molecule has 0 bridgehead atoms. The third-order valence-electron chi connectivity index (χ3n) is 2.29. The van der Waals surface area contributed by atoms with E-state index in [2.05, 4.69) is 22.5 Å². The maximum Gasteiger partial charge on any atom is 0.243 e. The van der Waals surface area contributed by atoms with Gasteiger partial charge < -0.3 is 20.3 Å². The number of aliphatic imine (C=N–C) groups is 1. The summed E-state index contributed by atoms with van der Waals surface area (Å²) in [7, 11) is 5.10. The molecule has 114 valence electrons. The van der Waals surface area contributed by atoms with E-state index in [1.54, 1.807) is 21.2 Å². The summed E-state index contributed by atoms with van der Waals surface area (Å²) in [6.45, 7) is 4.42. The molecular weight excluding hydrogens is 359 g/mol. The minimum absolute atomic E-state index is 0. The molecule has 0 rings (SSSR count). The standard InChI is InChI=1S/C12H26N4O2.HI/c1-5-6-7-13-12(14-8-9-18-4)15-10-11(17)16(2)3;/h5-10H2,1-4H3,(H2,13,14,15);1H. The van der Waals surface area contributed by atoms with Crippen LogP contribution in [-0.2, 0) is 9.53 Å². The zero-order valence-electron chi connectivity index (χ0n) is 12.4. The molecule has 2 N–H and O–H groups in total. The van der Waals surface area contributed by atoms with Crippen LogP contribution in [0.5, 0.6) is 0 Å². The van der Waals surface area contributed by atoms with E-state index in [9.17, 15) is 4.79 Å². The summed E-state index contributed by atoms with van der Waals surface area (Å²) in [6, 6.07) is 0. The summed E-state index contributed by atoms with van der Waals surface area (Å²) < 4.78 is 4.96. The van der Waals surface area contributed by atoms with Crippen molar-refractivity contribution in [3.8, 4) is 0 Å². The normalized spacial score (nSPS) is 10.6. The summed E-state index contributed by atoms with van der Waals surface area (Å²) in [4.78, 5) is 17.2. The van der Waals surface area contributed by atoms with Gasteiger partial charge in [-0.2, -0.15) is 0 Å². The van der Waals surface area contributed by atoms with Crippen molar-refractivity contribution in [3.63, 3.8) is 0 Å². The van der Waals surface area contributed by atoms with Crippen LogP contribution >= 0.6 is 24.0 Å². The van der Waals surface area contributed by atoms with E-state index < -0.39 is 0 Å². The SMILES string of the molecule is CCCCNC(=NCC(=O)N(C)C)NCCOC.I. The average molecular weight is 386 g/mol. The fraction of sp³-hybridized carbons (Fsp3) is 0.833. The van der Waals surface area contributed by atoms with Gasteiger partial charge in [0.15, 0.2) is 5.96 Å². The van der Waals surface area contributed by atoms with E-state index in [0.717, 1.165) is 19.4 Å². The van der Waals surface area contributed by atoms with Crippen molar-refractivity contribution in [3.05, 3.63) is 0 Å². The van der Waals surface area contributed by atoms with Crippen LogP contribution in [0.2, 0.25) is 0 Å². The molecule has 0 aliphatic rings. The lowest BCUT2D eigenvalue weighted by Gasteiger charge is -2.13. The van der Waals surface area contributed by atoms with Gasteiger partial charge in [0.05, 0.1) is 6.61 Å². The Bertz CT molecular complexity index is 248. The van der Waals surface area contributed by atoms with Crippen molar-refractivity contribution >= 4 is 35.8 Å². The van der Waals surface area contributed by atoms with Crippen molar-refractivity contribution in [1.82, 2.24) is 15.5 Å². The number of methoxy groups -OCH3 is 1. The first-order valence-electron chi connectivity index (χ1n) is 6.33. The number of halogens is 1. The van der Waals surface area contributed by atoms with Crippen LogP contribution in [0.1, 0.15) is 19.8 Å². The Hall–Kier alpha value is -0.570. The molecule has 7 heteroatoms. The highest BCUT2D eigenvalue weighted by Crippen LogP contribution is 1.85. The minimum Gasteiger partial charge on any atom is -0.383 e. The molecular formula is C12H27IN4O2. The molecule has 0 radical (unpaired) electrons. The fourth-order valence-corrected chi connectivity index (χ4v) is 1.12. The highest BCUT2D eigenvalue weighted by atomic mass is 127. The number of nitrogens with zero attached hydrogens (tertiary/aromatic N) is 2. The van der Waals surface area contributed by atoms with Crippen molar-refractivity contribution in [1.29, 1.82) is 0 Å². The van der Waals surface area contributed by atoms with Crippen molar-refractivity contribution in [2.45, 2.75) is 19.8 Å². The molecule has 1 amide bonds. The van der Waals surface area contributed by atoms with Crippen LogP contribution in [-0.4, -0.2) is 64.2 Å². The van der Waals surface area contributed by atoms with Gasteiger partial charge in [0.25, 0.3) is 0 Å². The van der Waals surface area contributed by atoms with Crippen LogP contribution in [0, 0.1) is 0 Å². The summed E-state index contributed by atoms with van der Waals surface area (Å²) in [5.74, 6) is 0.647. The van der Waals surface area contributed by atoms with E-state index in [4.69, 9.17) is 4.74 Å². The summed E-state index contributed by atoms with van der Waals surface area (Å²) >= 11 is 0. The first kappa shape index (κ1) is 20.7. The number of amides is 1. The van der Waals surface area contributed by atoms with Crippen LogP contribution < -0.4 is 10.6 Å². The van der Waals surface area contributed by atoms with Crippen LogP contribution in [0.3, 0.4) is 0 Å². The predicted octanol–water partition coefficient (Wildman–Crippen LogP) is 0.674. The number of likely N-dealkylation sites (N-methyl/N-ethyl adjacent to an activating group) is 1. The second-order valence-electron chi connectivity index (χ2n) is 4.15. The monoisotopic (exact) mass is 386 g/mol. The lowest BCUT2D eigenvalue weighted by Crippen LogP contribution is -2.40. The summed E-state index contributed by atoms with van der Waals surface area (Å²) in [6.07, 6.45) is 2.20. The van der Waals surface area contributed by atoms with Crippen LogP contribution in [0.4, 0.5) is 0 Å². The number of hydrogen-bond donors (Lipinski definition) is 2. The quantitative estimate of drug-likeness (QED) is 0.279. The Kier molecular flexibility index (Phi) is 15.1. The Morgan fingerprint density at radius 1 is 1.26 bits per heavy atom. The largest absolute Gasteiger partial charge is 0.383 e. The lowest BCUT2D eigenvalue weighted by molar-refractivity contribution is -0.127. The zero-order chi connectivity index (χ0) is 13.8. The molecule has 0 saturated carbocycles. The fourth-order valence-electron chi connectivity index (χ4n) is 1.12. The molecule has 0 fully saturated rings. The lowest BCUT2D eigenvalue weighted by atomic mass is 10.3. The van der Waals surface area contributed by atoms with Crippen LogP contribution in [0.15, 0.2) is 4.99 Å². The Labute approximate surface area is 133 Å². The van der Waals surface area contributed by atoms with Gasteiger partial charge >= 0.3 is 0 Å². The average Bonchev–Trinajstić information content (AvgIpc) is 2.35. The highest BCUT2D eigenvalue weighted by molar-refractivity contribution is 14.0. The first-order valence-corrected chi connectivity index (χ1v) is 6.33. The van der Waals surface area contributed by atoms with Gasteiger partial charge in [-0.05, 0) is 6.42 Å². The van der Waals surface area contributed by atoms with E-state index in [1.165, 1.54) is 4.90 Å². The predicted molar refractivity (Wildman–Crippen MR) is 89.2 cm³/mol. The van der Waals surface area contributed by atoms with E-state index in [1.807, 2.05) is 0 Å². The van der Waals surface area contributed by atoms with Gasteiger partial charge in [0, 0.05) is 34.3 Å². The number of carbonyl (C=O) groups excluding carboxylic acids is 1. The Morgan fingerprint density at radius 2 is 1.89 bits per heavy atom. The third kappa shape index (κ3) is 12.2. The number of ether oxygens (including phenoxy) is 1. The zero-order valence-corrected chi connectivity index (χ0v) is 14.7. The maximum atomic E-state index is 11.4. The van der Waals surface area contributed by atoms with Crippen molar-refractivity contribution < 1.29 is 9.53 Å². The first-order chi connectivity index (χ1) is 8.61. The number of guanidine groups is 1. The molecule has 0 aliphatic heterocycles. The number of carbonyl (C=O) groups is 1. The third-order valence-corrected chi connectivity index (χ3v) is 2.29.